The Morgan fingerprint density at radius 1 is 0.767 bits per heavy atom. The third kappa shape index (κ3) is 14.1. The summed E-state index contributed by atoms with van der Waals surface area (Å²) in [6.07, 6.45) is -13.1. The average molecular weight is 653 g/mol. The molecule has 2 aliphatic heterocycles. The summed E-state index contributed by atoms with van der Waals surface area (Å²) < 4.78 is 124. The molecule has 1 spiro atoms. The van der Waals surface area contributed by atoms with Crippen LogP contribution in [0.3, 0.4) is 0 Å². The minimum Gasteiger partial charge on any atom is -0.475 e. The van der Waals surface area contributed by atoms with Gasteiger partial charge in [0.1, 0.15) is 0 Å². The van der Waals surface area contributed by atoms with Gasteiger partial charge in [-0.05, 0) is 25.1 Å². The molecule has 2 fully saturated rings. The van der Waals surface area contributed by atoms with Gasteiger partial charge in [-0.2, -0.15) is 39.5 Å². The number of nitrogens with zero attached hydrogens (tertiary/aromatic N) is 3. The number of pyridine rings is 1. The zero-order chi connectivity index (χ0) is 33.9. The molecule has 0 radical (unpaired) electrons. The van der Waals surface area contributed by atoms with Crippen LogP contribution < -0.4 is 0 Å². The number of aliphatic carboxylic acids is 3. The molecule has 2 saturated heterocycles. The molecule has 0 amide bonds. The van der Waals surface area contributed by atoms with Crippen molar-refractivity contribution < 1.29 is 83.1 Å². The van der Waals surface area contributed by atoms with E-state index in [1.54, 1.807) is 6.20 Å². The fourth-order valence-corrected chi connectivity index (χ4v) is 3.76. The summed E-state index contributed by atoms with van der Waals surface area (Å²) in [6.45, 7) is 2.96. The fraction of sp³-hybridized carbons (Fsp3) is 0.636. The molecular formula is C22H26F11N3O7. The van der Waals surface area contributed by atoms with Crippen molar-refractivity contribution in [2.24, 2.45) is 5.41 Å². The van der Waals surface area contributed by atoms with Crippen LogP contribution in [0.25, 0.3) is 0 Å². The van der Waals surface area contributed by atoms with Crippen molar-refractivity contribution in [1.82, 2.24) is 14.8 Å². The number of piperidine rings is 1. The Bertz CT molecular complexity index is 981. The number of likely N-dealkylation sites (tertiary alicyclic amines) is 2. The lowest BCUT2D eigenvalue weighted by Crippen LogP contribution is -2.57. The average Bonchev–Trinajstić information content (AvgIpc) is 3.25. The Kier molecular flexibility index (Phi) is 14.7. The number of aliphatic hydroxyl groups excluding tert-OH is 1. The van der Waals surface area contributed by atoms with E-state index in [2.05, 4.69) is 9.88 Å². The number of hydrogen-bond acceptors (Lipinski definition) is 7. The van der Waals surface area contributed by atoms with Crippen LogP contribution in [0.15, 0.2) is 24.4 Å². The van der Waals surface area contributed by atoms with E-state index in [4.69, 9.17) is 34.8 Å². The number of rotatable bonds is 4. The van der Waals surface area contributed by atoms with Gasteiger partial charge in [0.2, 0.25) is 0 Å². The molecule has 3 rings (SSSR count). The Morgan fingerprint density at radius 2 is 1.19 bits per heavy atom. The monoisotopic (exact) mass is 653 g/mol. The van der Waals surface area contributed by atoms with Gasteiger partial charge in [-0.3, -0.25) is 9.88 Å². The zero-order valence-corrected chi connectivity index (χ0v) is 21.7. The first-order chi connectivity index (χ1) is 19.4. The summed E-state index contributed by atoms with van der Waals surface area (Å²) in [5.74, 6) is -10.9. The van der Waals surface area contributed by atoms with Gasteiger partial charge < -0.3 is 25.3 Å². The number of carboxylic acid groups (broad SMARTS) is 3. The normalized spacial score (nSPS) is 20.5. The van der Waals surface area contributed by atoms with E-state index >= 15 is 0 Å². The highest BCUT2D eigenvalue weighted by Crippen LogP contribution is 2.49. The van der Waals surface area contributed by atoms with Crippen LogP contribution in [0, 0.1) is 5.41 Å². The van der Waals surface area contributed by atoms with Gasteiger partial charge in [-0.1, -0.05) is 6.07 Å². The van der Waals surface area contributed by atoms with Gasteiger partial charge in [0, 0.05) is 45.3 Å². The van der Waals surface area contributed by atoms with Crippen molar-refractivity contribution in [2.75, 3.05) is 39.3 Å². The maximum Gasteiger partial charge on any atom is 0.490 e. The van der Waals surface area contributed by atoms with Crippen molar-refractivity contribution in [1.29, 1.82) is 0 Å². The predicted octanol–water partition coefficient (Wildman–Crippen LogP) is 3.51. The number of carbonyl (C=O) groups is 3. The Labute approximate surface area is 235 Å². The van der Waals surface area contributed by atoms with Crippen LogP contribution in [-0.4, -0.2) is 117 Å². The Morgan fingerprint density at radius 3 is 1.56 bits per heavy atom. The third-order valence-electron chi connectivity index (χ3n) is 5.73. The lowest BCUT2D eigenvalue weighted by atomic mass is 9.75. The van der Waals surface area contributed by atoms with Crippen molar-refractivity contribution in [3.05, 3.63) is 30.1 Å². The van der Waals surface area contributed by atoms with Gasteiger partial charge in [-0.15, -0.1) is 0 Å². The summed E-state index contributed by atoms with van der Waals surface area (Å²) in [7, 11) is 0. The molecule has 1 aromatic rings. The van der Waals surface area contributed by atoms with Gasteiger partial charge >= 0.3 is 36.4 Å². The van der Waals surface area contributed by atoms with Crippen LogP contribution in [-0.2, 0) is 20.9 Å². The lowest BCUT2D eigenvalue weighted by Gasteiger charge is -2.46. The van der Waals surface area contributed by atoms with Gasteiger partial charge in [0.25, 0.3) is 5.92 Å². The van der Waals surface area contributed by atoms with E-state index < -0.39 is 47.8 Å². The van der Waals surface area contributed by atoms with Crippen LogP contribution in [0.4, 0.5) is 48.3 Å². The molecule has 1 atom stereocenters. The number of alkyl halides is 11. The Hall–Kier alpha value is -3.33. The molecule has 0 bridgehead atoms. The summed E-state index contributed by atoms with van der Waals surface area (Å²) in [6, 6.07) is 5.71. The predicted molar refractivity (Wildman–Crippen MR) is 121 cm³/mol. The third-order valence-corrected chi connectivity index (χ3v) is 5.73. The number of carboxylic acids is 3. The van der Waals surface area contributed by atoms with E-state index in [0.29, 0.717) is 45.7 Å². The van der Waals surface area contributed by atoms with E-state index in [1.165, 1.54) is 0 Å². The van der Waals surface area contributed by atoms with Gasteiger partial charge in [-0.25, -0.2) is 23.2 Å². The van der Waals surface area contributed by atoms with Gasteiger partial charge in [0.15, 0.2) is 0 Å². The summed E-state index contributed by atoms with van der Waals surface area (Å²) in [4.78, 5) is 35.0. The first kappa shape index (κ1) is 39.7. The van der Waals surface area contributed by atoms with Crippen LogP contribution >= 0.6 is 0 Å². The Balaban J connectivity index is 0.000000690. The lowest BCUT2D eigenvalue weighted by molar-refractivity contribution is -0.193. The largest absolute Gasteiger partial charge is 0.490 e. The quantitative estimate of drug-likeness (QED) is 0.356. The maximum absolute atomic E-state index is 14.6. The SMILES string of the molecule is O=C(O)C(F)(F)F.O=C(O)C(F)(F)F.O=C(O)C(F)(F)F.OCCN1CCC(F)(F)C2(CCN(Cc3ccccn3)C2)C1. The molecular weight excluding hydrogens is 627 g/mol. The smallest absolute Gasteiger partial charge is 0.475 e. The summed E-state index contributed by atoms with van der Waals surface area (Å²) in [5.41, 5.74) is -0.0549. The number of halogens is 11. The first-order valence-corrected chi connectivity index (χ1v) is 11.6. The molecule has 1 aromatic heterocycles. The van der Waals surface area contributed by atoms with Crippen LogP contribution in [0.5, 0.6) is 0 Å². The molecule has 248 valence electrons. The minimum atomic E-state index is -5.08. The highest BCUT2D eigenvalue weighted by Gasteiger charge is 2.59. The second-order valence-corrected chi connectivity index (χ2v) is 8.92. The molecule has 10 nitrogen and oxygen atoms in total. The van der Waals surface area contributed by atoms with E-state index in [1.807, 2.05) is 23.1 Å². The van der Waals surface area contributed by atoms with Crippen molar-refractivity contribution >= 4 is 17.9 Å². The standard InChI is InChI=1S/C16H23F2N3O.3C2HF3O2/c17-16(18)5-8-20(9-10-22)12-15(16)4-7-21(13-15)11-14-3-1-2-6-19-14;3*3-2(4,5)1(6)7/h1-3,6,22H,4-5,7-13H2;3*(H,6,7). The van der Waals surface area contributed by atoms with Crippen molar-refractivity contribution in [2.45, 2.75) is 43.8 Å². The second-order valence-electron chi connectivity index (χ2n) is 8.92. The van der Waals surface area contributed by atoms with Crippen LogP contribution in [0.1, 0.15) is 18.5 Å². The topological polar surface area (TPSA) is 152 Å². The molecule has 4 N–H and O–H groups in total. The molecule has 0 aromatic carbocycles. The van der Waals surface area contributed by atoms with E-state index in [0.717, 1.165) is 5.69 Å². The molecule has 43 heavy (non-hydrogen) atoms. The number of β-amino-alcohol motifs (C(OH)–C–C–N with tert-alkyl or cyclic N) is 1. The van der Waals surface area contributed by atoms with Crippen molar-refractivity contribution in [3.63, 3.8) is 0 Å². The number of hydrogen-bond donors (Lipinski definition) is 4. The minimum absolute atomic E-state index is 0.0271. The summed E-state index contributed by atoms with van der Waals surface area (Å²) in [5, 5.41) is 30.5. The number of aliphatic hydroxyl groups is 1. The molecule has 3 heterocycles. The number of aromatic nitrogens is 1. The fourth-order valence-electron chi connectivity index (χ4n) is 3.76. The molecule has 0 aliphatic carbocycles. The van der Waals surface area contributed by atoms with Gasteiger partial charge in [0.05, 0.1) is 17.7 Å². The molecule has 1 unspecified atom stereocenters. The van der Waals surface area contributed by atoms with E-state index in [-0.39, 0.29) is 13.0 Å². The molecule has 2 aliphatic rings. The highest BCUT2D eigenvalue weighted by atomic mass is 19.4. The molecule has 21 heteroatoms. The van der Waals surface area contributed by atoms with Crippen molar-refractivity contribution in [3.8, 4) is 0 Å². The molecule has 0 saturated carbocycles. The van der Waals surface area contributed by atoms with E-state index in [9.17, 15) is 48.3 Å². The summed E-state index contributed by atoms with van der Waals surface area (Å²) >= 11 is 0. The zero-order valence-electron chi connectivity index (χ0n) is 21.7. The second kappa shape index (κ2) is 15.9. The highest BCUT2D eigenvalue weighted by molar-refractivity contribution is 5.73. The van der Waals surface area contributed by atoms with Crippen LogP contribution in [0.2, 0.25) is 0 Å². The first-order valence-electron chi connectivity index (χ1n) is 11.6. The maximum atomic E-state index is 14.6.